The topological polar surface area (TPSA) is 60.4 Å². The molecule has 0 aromatic carbocycles. The van der Waals surface area contributed by atoms with Crippen LogP contribution >= 0.6 is 0 Å². The van der Waals surface area contributed by atoms with Crippen molar-refractivity contribution in [3.63, 3.8) is 0 Å². The van der Waals surface area contributed by atoms with Gasteiger partial charge in [0.1, 0.15) is 0 Å². The molecule has 1 aromatic heterocycles. The summed E-state index contributed by atoms with van der Waals surface area (Å²) in [5, 5.41) is 0. The van der Waals surface area contributed by atoms with Crippen LogP contribution in [0.3, 0.4) is 0 Å². The van der Waals surface area contributed by atoms with E-state index in [1.807, 2.05) is 6.07 Å². The molecule has 4 heteroatoms. The fourth-order valence-corrected chi connectivity index (χ4v) is 1.06. The Kier molecular flexibility index (Phi) is 3.79. The van der Waals surface area contributed by atoms with Crippen LogP contribution < -0.4 is 11.3 Å². The van der Waals surface area contributed by atoms with Crippen LogP contribution in [0.1, 0.15) is 5.56 Å². The largest absolute Gasteiger partial charge is 0.472 e. The first-order valence-corrected chi connectivity index (χ1v) is 3.83. The van der Waals surface area contributed by atoms with Crippen molar-refractivity contribution in [3.05, 3.63) is 24.2 Å². The number of rotatable bonds is 5. The Hall–Kier alpha value is -0.840. The maximum absolute atomic E-state index is 5.31. The summed E-state index contributed by atoms with van der Waals surface area (Å²) < 4.78 is 9.90. The van der Waals surface area contributed by atoms with Crippen LogP contribution in [0.15, 0.2) is 23.0 Å². The lowest BCUT2D eigenvalue weighted by Crippen LogP contribution is -2.39. The fraction of sp³-hybridized carbons (Fsp3) is 0.500. The van der Waals surface area contributed by atoms with Crippen LogP contribution in [0.4, 0.5) is 0 Å². The Balaban J connectivity index is 2.37. The van der Waals surface area contributed by atoms with Crippen molar-refractivity contribution in [3.8, 4) is 0 Å². The number of hydrogen-bond acceptors (Lipinski definition) is 4. The fourth-order valence-electron chi connectivity index (χ4n) is 1.06. The molecule has 12 heavy (non-hydrogen) atoms. The van der Waals surface area contributed by atoms with Crippen molar-refractivity contribution in [2.75, 3.05) is 13.7 Å². The van der Waals surface area contributed by atoms with Gasteiger partial charge in [-0.3, -0.25) is 11.3 Å². The lowest BCUT2D eigenvalue weighted by molar-refractivity contribution is 0.166. The van der Waals surface area contributed by atoms with Gasteiger partial charge in [-0.05, 0) is 18.1 Å². The molecular formula is C8H14N2O2. The number of furan rings is 1. The highest BCUT2D eigenvalue weighted by Gasteiger charge is 2.07. The standard InChI is InChI=1S/C8H14N2O2/c1-11-6-8(10-9)4-7-2-3-12-5-7/h2-3,5,8,10H,4,6,9H2,1H3. The first-order valence-electron chi connectivity index (χ1n) is 3.83. The number of hydrazine groups is 1. The number of nitrogens with two attached hydrogens (primary N) is 1. The smallest absolute Gasteiger partial charge is 0.0935 e. The maximum Gasteiger partial charge on any atom is 0.0935 e. The molecular weight excluding hydrogens is 156 g/mol. The summed E-state index contributed by atoms with van der Waals surface area (Å²) >= 11 is 0. The summed E-state index contributed by atoms with van der Waals surface area (Å²) in [6.07, 6.45) is 4.18. The number of nitrogens with one attached hydrogen (secondary N) is 1. The third-order valence-electron chi connectivity index (χ3n) is 1.67. The number of hydrogen-bond donors (Lipinski definition) is 2. The Bertz CT molecular complexity index is 199. The third-order valence-corrected chi connectivity index (χ3v) is 1.67. The van der Waals surface area contributed by atoms with E-state index in [1.54, 1.807) is 19.6 Å². The second kappa shape index (κ2) is 4.92. The van der Waals surface area contributed by atoms with E-state index < -0.39 is 0 Å². The predicted octanol–water partition coefficient (Wildman–Crippen LogP) is 0.300. The van der Waals surface area contributed by atoms with Gasteiger partial charge >= 0.3 is 0 Å². The second-order valence-corrected chi connectivity index (χ2v) is 2.65. The van der Waals surface area contributed by atoms with Crippen molar-refractivity contribution in [2.24, 2.45) is 5.84 Å². The first kappa shape index (κ1) is 9.25. The molecule has 1 rings (SSSR count). The van der Waals surface area contributed by atoms with Gasteiger partial charge in [-0.1, -0.05) is 0 Å². The highest BCUT2D eigenvalue weighted by Crippen LogP contribution is 2.03. The van der Waals surface area contributed by atoms with E-state index in [9.17, 15) is 0 Å². The second-order valence-electron chi connectivity index (χ2n) is 2.65. The molecule has 0 saturated carbocycles. The molecule has 0 aliphatic heterocycles. The van der Waals surface area contributed by atoms with E-state index in [1.165, 1.54) is 0 Å². The molecule has 0 amide bonds. The van der Waals surface area contributed by atoms with Crippen molar-refractivity contribution < 1.29 is 9.15 Å². The molecule has 1 aromatic rings. The van der Waals surface area contributed by atoms with Crippen LogP contribution in [0, 0.1) is 0 Å². The van der Waals surface area contributed by atoms with Crippen molar-refractivity contribution in [1.29, 1.82) is 0 Å². The Morgan fingerprint density at radius 3 is 3.08 bits per heavy atom. The highest BCUT2D eigenvalue weighted by molar-refractivity contribution is 5.07. The molecule has 0 bridgehead atoms. The molecule has 3 N–H and O–H groups in total. The third kappa shape index (κ3) is 2.65. The molecule has 1 atom stereocenters. The lowest BCUT2D eigenvalue weighted by atomic mass is 10.1. The molecule has 1 unspecified atom stereocenters. The van der Waals surface area contributed by atoms with Gasteiger partial charge in [-0.25, -0.2) is 0 Å². The zero-order chi connectivity index (χ0) is 8.81. The van der Waals surface area contributed by atoms with Gasteiger partial charge in [0.15, 0.2) is 0 Å². The minimum absolute atomic E-state index is 0.146. The number of methoxy groups -OCH3 is 1. The van der Waals surface area contributed by atoms with E-state index >= 15 is 0 Å². The quantitative estimate of drug-likeness (QED) is 0.493. The van der Waals surface area contributed by atoms with Crippen molar-refractivity contribution in [1.82, 2.24) is 5.43 Å². The monoisotopic (exact) mass is 170 g/mol. The zero-order valence-electron chi connectivity index (χ0n) is 7.12. The van der Waals surface area contributed by atoms with Crippen molar-refractivity contribution >= 4 is 0 Å². The molecule has 4 nitrogen and oxygen atoms in total. The van der Waals surface area contributed by atoms with Gasteiger partial charge in [0.05, 0.1) is 19.1 Å². The normalized spacial score (nSPS) is 13.2. The summed E-state index contributed by atoms with van der Waals surface area (Å²) in [4.78, 5) is 0. The van der Waals surface area contributed by atoms with Crippen LogP contribution in [-0.2, 0) is 11.2 Å². The van der Waals surface area contributed by atoms with Crippen LogP contribution in [0.5, 0.6) is 0 Å². The van der Waals surface area contributed by atoms with Gasteiger partial charge in [0, 0.05) is 13.2 Å². The Labute approximate surface area is 71.7 Å². The minimum atomic E-state index is 0.146. The summed E-state index contributed by atoms with van der Waals surface area (Å²) in [7, 11) is 1.65. The van der Waals surface area contributed by atoms with E-state index in [4.69, 9.17) is 15.0 Å². The predicted molar refractivity (Wildman–Crippen MR) is 45.4 cm³/mol. The van der Waals surface area contributed by atoms with Gasteiger partial charge in [0.25, 0.3) is 0 Å². The van der Waals surface area contributed by atoms with Crippen LogP contribution in [0.2, 0.25) is 0 Å². The van der Waals surface area contributed by atoms with Gasteiger partial charge in [0.2, 0.25) is 0 Å². The molecule has 0 fully saturated rings. The van der Waals surface area contributed by atoms with E-state index in [-0.39, 0.29) is 6.04 Å². The highest BCUT2D eigenvalue weighted by atomic mass is 16.5. The van der Waals surface area contributed by atoms with Gasteiger partial charge in [-0.15, -0.1) is 0 Å². The summed E-state index contributed by atoms with van der Waals surface area (Å²) in [6, 6.07) is 2.06. The maximum atomic E-state index is 5.31. The zero-order valence-corrected chi connectivity index (χ0v) is 7.12. The van der Waals surface area contributed by atoms with Gasteiger partial charge in [-0.2, -0.15) is 0 Å². The molecule has 1 heterocycles. The van der Waals surface area contributed by atoms with Crippen LogP contribution in [0.25, 0.3) is 0 Å². The van der Waals surface area contributed by atoms with Gasteiger partial charge < -0.3 is 9.15 Å². The summed E-state index contributed by atoms with van der Waals surface area (Å²) in [5.41, 5.74) is 3.79. The Morgan fingerprint density at radius 2 is 2.58 bits per heavy atom. The van der Waals surface area contributed by atoms with E-state index in [0.717, 1.165) is 12.0 Å². The average molecular weight is 170 g/mol. The summed E-state index contributed by atoms with van der Waals surface area (Å²) in [5.74, 6) is 5.31. The Morgan fingerprint density at radius 1 is 1.75 bits per heavy atom. The lowest BCUT2D eigenvalue weighted by Gasteiger charge is -2.12. The molecule has 0 aliphatic carbocycles. The van der Waals surface area contributed by atoms with Crippen molar-refractivity contribution in [2.45, 2.75) is 12.5 Å². The average Bonchev–Trinajstić information content (AvgIpc) is 2.56. The SMILES string of the molecule is COCC(Cc1ccoc1)NN. The molecule has 0 saturated heterocycles. The van der Waals surface area contributed by atoms with E-state index in [2.05, 4.69) is 5.43 Å². The number of ether oxygens (including phenoxy) is 1. The first-order chi connectivity index (χ1) is 5.86. The molecule has 0 radical (unpaired) electrons. The van der Waals surface area contributed by atoms with E-state index in [0.29, 0.717) is 6.61 Å². The molecule has 0 spiro atoms. The van der Waals surface area contributed by atoms with Crippen LogP contribution in [-0.4, -0.2) is 19.8 Å². The minimum Gasteiger partial charge on any atom is -0.472 e. The summed E-state index contributed by atoms with van der Waals surface area (Å²) in [6.45, 7) is 0.599. The molecule has 68 valence electrons. The molecule has 0 aliphatic rings.